The molecule has 4 rings (SSSR count). The molecule has 142 valence electrons. The Labute approximate surface area is 159 Å². The van der Waals surface area contributed by atoms with E-state index in [1.807, 2.05) is 35.2 Å². The zero-order valence-corrected chi connectivity index (χ0v) is 15.9. The molecule has 0 spiro atoms. The maximum Gasteiger partial charge on any atom is 0.233 e. The third-order valence-electron chi connectivity index (χ3n) is 6.63. The van der Waals surface area contributed by atoms with E-state index in [9.17, 15) is 14.3 Å². The number of nitrogens with zero attached hydrogens (tertiary/aromatic N) is 1. The molecule has 1 saturated heterocycles. The summed E-state index contributed by atoms with van der Waals surface area (Å²) in [5.41, 5.74) is 0.206. The van der Waals surface area contributed by atoms with Gasteiger partial charge in [0.15, 0.2) is 0 Å². The van der Waals surface area contributed by atoms with Crippen LogP contribution in [0.25, 0.3) is 0 Å². The molecule has 2 aromatic carbocycles. The Kier molecular flexibility index (Phi) is 4.15. The van der Waals surface area contributed by atoms with Crippen molar-refractivity contribution in [2.45, 2.75) is 44.1 Å². The highest BCUT2D eigenvalue weighted by molar-refractivity contribution is 5.93. The predicted octanol–water partition coefficient (Wildman–Crippen LogP) is 4.00. The van der Waals surface area contributed by atoms with Crippen LogP contribution in [-0.2, 0) is 15.8 Å². The molecule has 0 bridgehead atoms. The molecule has 4 heteroatoms. The fourth-order valence-electron chi connectivity index (χ4n) is 4.72. The van der Waals surface area contributed by atoms with Gasteiger partial charge in [0.05, 0.1) is 11.0 Å². The summed E-state index contributed by atoms with van der Waals surface area (Å²) in [6.45, 7) is 5.25. The number of carbonyl (C=O) groups is 1. The lowest BCUT2D eigenvalue weighted by atomic mass is 9.82. The standard InChI is InChI=1S/C23H26FNO2/c1-21(2)16-23(21,18-8-10-19(24)11-9-18)20(26)25-14-12-22(27,13-15-25)17-6-4-3-5-7-17/h3-11,27H,12-16H2,1-2H3. The van der Waals surface area contributed by atoms with E-state index in [0.717, 1.165) is 17.5 Å². The average Bonchev–Trinajstić information content (AvgIpc) is 3.26. The first kappa shape index (κ1) is 18.2. The second-order valence-corrected chi connectivity index (χ2v) is 8.66. The van der Waals surface area contributed by atoms with Gasteiger partial charge in [-0.15, -0.1) is 0 Å². The van der Waals surface area contributed by atoms with Crippen molar-refractivity contribution in [2.24, 2.45) is 5.41 Å². The predicted molar refractivity (Wildman–Crippen MR) is 103 cm³/mol. The van der Waals surface area contributed by atoms with Gasteiger partial charge in [-0.05, 0) is 47.9 Å². The van der Waals surface area contributed by atoms with E-state index in [2.05, 4.69) is 13.8 Å². The molecular formula is C23H26FNO2. The number of halogens is 1. The monoisotopic (exact) mass is 367 g/mol. The quantitative estimate of drug-likeness (QED) is 0.891. The van der Waals surface area contributed by atoms with Crippen LogP contribution in [0.2, 0.25) is 0 Å². The van der Waals surface area contributed by atoms with Crippen molar-refractivity contribution in [3.63, 3.8) is 0 Å². The largest absolute Gasteiger partial charge is 0.385 e. The minimum absolute atomic E-state index is 0.106. The average molecular weight is 367 g/mol. The van der Waals surface area contributed by atoms with Crippen LogP contribution in [0.1, 0.15) is 44.2 Å². The fraction of sp³-hybridized carbons (Fsp3) is 0.435. The van der Waals surface area contributed by atoms with Crippen LogP contribution < -0.4 is 0 Å². The maximum absolute atomic E-state index is 13.5. The van der Waals surface area contributed by atoms with Crippen LogP contribution in [-0.4, -0.2) is 29.0 Å². The van der Waals surface area contributed by atoms with Crippen molar-refractivity contribution >= 4 is 5.91 Å². The number of hydrogen-bond donors (Lipinski definition) is 1. The van der Waals surface area contributed by atoms with Crippen LogP contribution in [0, 0.1) is 11.2 Å². The summed E-state index contributed by atoms with van der Waals surface area (Å²) in [6.07, 6.45) is 1.83. The molecule has 1 aliphatic carbocycles. The van der Waals surface area contributed by atoms with Crippen LogP contribution in [0.5, 0.6) is 0 Å². The number of piperidine rings is 1. The molecule has 0 radical (unpaired) electrons. The molecule has 27 heavy (non-hydrogen) atoms. The van der Waals surface area contributed by atoms with Gasteiger partial charge < -0.3 is 10.0 Å². The Morgan fingerprint density at radius 3 is 2.04 bits per heavy atom. The molecule has 2 fully saturated rings. The minimum Gasteiger partial charge on any atom is -0.385 e. The Hall–Kier alpha value is -2.20. The molecule has 1 aliphatic heterocycles. The smallest absolute Gasteiger partial charge is 0.233 e. The molecular weight excluding hydrogens is 341 g/mol. The number of benzene rings is 2. The lowest BCUT2D eigenvalue weighted by Gasteiger charge is -2.40. The number of carbonyl (C=O) groups excluding carboxylic acids is 1. The Bertz CT molecular complexity index is 838. The number of hydrogen-bond acceptors (Lipinski definition) is 2. The van der Waals surface area contributed by atoms with Gasteiger partial charge in [0.1, 0.15) is 5.82 Å². The highest BCUT2D eigenvalue weighted by Crippen LogP contribution is 2.65. The van der Waals surface area contributed by atoms with E-state index in [1.54, 1.807) is 12.1 Å². The summed E-state index contributed by atoms with van der Waals surface area (Å²) in [5, 5.41) is 11.0. The third kappa shape index (κ3) is 2.87. The highest BCUT2D eigenvalue weighted by atomic mass is 19.1. The normalized spacial score (nSPS) is 25.9. The van der Waals surface area contributed by atoms with E-state index in [1.165, 1.54) is 12.1 Å². The number of aliphatic hydroxyl groups is 1. The zero-order chi connectivity index (χ0) is 19.3. The topological polar surface area (TPSA) is 40.5 Å². The van der Waals surface area contributed by atoms with Crippen molar-refractivity contribution < 1.29 is 14.3 Å². The minimum atomic E-state index is -0.875. The Balaban J connectivity index is 1.54. The number of amides is 1. The zero-order valence-electron chi connectivity index (χ0n) is 15.9. The van der Waals surface area contributed by atoms with E-state index >= 15 is 0 Å². The molecule has 1 amide bonds. The Morgan fingerprint density at radius 1 is 0.963 bits per heavy atom. The SMILES string of the molecule is CC1(C)CC1(C(=O)N1CCC(O)(c2ccccc2)CC1)c1ccc(F)cc1. The summed E-state index contributed by atoms with van der Waals surface area (Å²) >= 11 is 0. The lowest BCUT2D eigenvalue weighted by Crippen LogP contribution is -2.49. The van der Waals surface area contributed by atoms with Gasteiger partial charge in [-0.2, -0.15) is 0 Å². The maximum atomic E-state index is 13.5. The van der Waals surface area contributed by atoms with Gasteiger partial charge in [-0.25, -0.2) is 4.39 Å². The van der Waals surface area contributed by atoms with Crippen LogP contribution >= 0.6 is 0 Å². The number of likely N-dealkylation sites (tertiary alicyclic amines) is 1. The Morgan fingerprint density at radius 2 is 1.52 bits per heavy atom. The van der Waals surface area contributed by atoms with Crippen LogP contribution in [0.4, 0.5) is 4.39 Å². The van der Waals surface area contributed by atoms with Gasteiger partial charge in [0.25, 0.3) is 0 Å². The second-order valence-electron chi connectivity index (χ2n) is 8.66. The number of rotatable bonds is 3. The van der Waals surface area contributed by atoms with E-state index in [4.69, 9.17) is 0 Å². The molecule has 3 nitrogen and oxygen atoms in total. The first-order valence-electron chi connectivity index (χ1n) is 9.62. The molecule has 1 atom stereocenters. The molecule has 1 heterocycles. The van der Waals surface area contributed by atoms with Gasteiger partial charge >= 0.3 is 0 Å². The van der Waals surface area contributed by atoms with Crippen molar-refractivity contribution in [2.75, 3.05) is 13.1 Å². The van der Waals surface area contributed by atoms with Crippen molar-refractivity contribution in [1.29, 1.82) is 0 Å². The second kappa shape index (κ2) is 6.16. The van der Waals surface area contributed by atoms with Crippen LogP contribution in [0.3, 0.4) is 0 Å². The van der Waals surface area contributed by atoms with Gasteiger partial charge in [-0.3, -0.25) is 4.79 Å². The first-order valence-corrected chi connectivity index (χ1v) is 9.62. The van der Waals surface area contributed by atoms with E-state index in [0.29, 0.717) is 25.9 Å². The molecule has 1 unspecified atom stereocenters. The van der Waals surface area contributed by atoms with Crippen molar-refractivity contribution in [1.82, 2.24) is 4.90 Å². The first-order chi connectivity index (χ1) is 12.8. The van der Waals surface area contributed by atoms with Gasteiger partial charge in [0, 0.05) is 13.1 Å². The van der Waals surface area contributed by atoms with Gasteiger partial charge in [-0.1, -0.05) is 56.3 Å². The summed E-state index contributed by atoms with van der Waals surface area (Å²) in [4.78, 5) is 15.4. The lowest BCUT2D eigenvalue weighted by molar-refractivity contribution is -0.139. The highest BCUT2D eigenvalue weighted by Gasteiger charge is 2.68. The summed E-state index contributed by atoms with van der Waals surface area (Å²) < 4.78 is 13.4. The molecule has 2 aliphatic rings. The molecule has 0 aromatic heterocycles. The fourth-order valence-corrected chi connectivity index (χ4v) is 4.72. The third-order valence-corrected chi connectivity index (χ3v) is 6.63. The molecule has 1 saturated carbocycles. The molecule has 1 N–H and O–H groups in total. The summed E-state index contributed by atoms with van der Waals surface area (Å²) in [5.74, 6) is -0.181. The van der Waals surface area contributed by atoms with Gasteiger partial charge in [0.2, 0.25) is 5.91 Å². The van der Waals surface area contributed by atoms with Crippen molar-refractivity contribution in [3.8, 4) is 0 Å². The molecule has 2 aromatic rings. The summed E-state index contributed by atoms with van der Waals surface area (Å²) in [6, 6.07) is 16.0. The van der Waals surface area contributed by atoms with E-state index in [-0.39, 0.29) is 17.1 Å². The van der Waals surface area contributed by atoms with E-state index < -0.39 is 11.0 Å². The van der Waals surface area contributed by atoms with Crippen molar-refractivity contribution in [3.05, 3.63) is 71.5 Å². The van der Waals surface area contributed by atoms with Crippen LogP contribution in [0.15, 0.2) is 54.6 Å². The summed E-state index contributed by atoms with van der Waals surface area (Å²) in [7, 11) is 0.